The molecule has 0 aliphatic rings. The number of nitrogens with zero attached hydrogens (tertiary/aromatic N) is 3. The highest BCUT2D eigenvalue weighted by molar-refractivity contribution is 5.94. The van der Waals surface area contributed by atoms with Gasteiger partial charge in [-0.15, -0.1) is 0 Å². The van der Waals surface area contributed by atoms with Crippen LogP contribution in [0, 0.1) is 0 Å². The zero-order valence-electron chi connectivity index (χ0n) is 16.0. The smallest absolute Gasteiger partial charge is 0.243 e. The summed E-state index contributed by atoms with van der Waals surface area (Å²) >= 11 is 0. The Bertz CT molecular complexity index is 522. The van der Waals surface area contributed by atoms with E-state index in [2.05, 4.69) is 58.5 Å². The van der Waals surface area contributed by atoms with Gasteiger partial charge < -0.3 is 16.0 Å². The Kier molecular flexibility index (Phi) is 9.54. The first kappa shape index (κ1) is 20.9. The summed E-state index contributed by atoms with van der Waals surface area (Å²) in [5.74, 6) is 0.490. The number of hydrogen-bond acceptors (Lipinski definition) is 4. The quantitative estimate of drug-likeness (QED) is 0.359. The van der Waals surface area contributed by atoms with Crippen molar-refractivity contribution in [2.45, 2.75) is 46.2 Å². The van der Waals surface area contributed by atoms with Crippen LogP contribution in [0.4, 0.5) is 5.69 Å². The summed E-state index contributed by atoms with van der Waals surface area (Å²) in [5.41, 5.74) is 0.680. The van der Waals surface area contributed by atoms with Crippen molar-refractivity contribution >= 4 is 17.6 Å². The largest absolute Gasteiger partial charge is 0.356 e. The number of pyridine rings is 1. The molecule has 1 aromatic heterocycles. The Morgan fingerprint density at radius 3 is 2.52 bits per heavy atom. The van der Waals surface area contributed by atoms with E-state index < -0.39 is 0 Å². The van der Waals surface area contributed by atoms with E-state index in [1.54, 1.807) is 31.6 Å². The number of hydrogen-bond donors (Lipinski definition) is 3. The molecule has 1 rings (SSSR count). The molecular formula is C18H32N6O. The normalized spacial score (nSPS) is 11.9. The van der Waals surface area contributed by atoms with Gasteiger partial charge in [0.25, 0.3) is 0 Å². The Balaban J connectivity index is 2.27. The molecule has 1 aromatic rings. The fourth-order valence-electron chi connectivity index (χ4n) is 2.61. The number of amides is 1. The summed E-state index contributed by atoms with van der Waals surface area (Å²) in [6.07, 6.45) is 4.29. The number of aliphatic imine (C=N–C) groups is 1. The second-order valence-electron chi connectivity index (χ2n) is 6.42. The average molecular weight is 348 g/mol. The Hall–Kier alpha value is -2.15. The molecule has 0 unspecified atom stereocenters. The Morgan fingerprint density at radius 1 is 1.24 bits per heavy atom. The average Bonchev–Trinajstić information content (AvgIpc) is 2.57. The van der Waals surface area contributed by atoms with E-state index >= 15 is 0 Å². The molecule has 0 bridgehead atoms. The second-order valence-corrected chi connectivity index (χ2v) is 6.42. The molecule has 0 atom stereocenters. The monoisotopic (exact) mass is 348 g/mol. The molecule has 0 radical (unpaired) electrons. The van der Waals surface area contributed by atoms with Gasteiger partial charge >= 0.3 is 0 Å². The number of aromatic nitrogens is 1. The lowest BCUT2D eigenvalue weighted by molar-refractivity contribution is -0.115. The Labute approximate surface area is 151 Å². The first-order valence-corrected chi connectivity index (χ1v) is 8.84. The van der Waals surface area contributed by atoms with E-state index in [4.69, 9.17) is 0 Å². The van der Waals surface area contributed by atoms with E-state index in [9.17, 15) is 4.79 Å². The Morgan fingerprint density at radius 2 is 1.96 bits per heavy atom. The predicted molar refractivity (Wildman–Crippen MR) is 104 cm³/mol. The van der Waals surface area contributed by atoms with Crippen LogP contribution in [-0.4, -0.2) is 60.5 Å². The van der Waals surface area contributed by atoms with Gasteiger partial charge in [-0.25, -0.2) is 0 Å². The number of carbonyl (C=O) groups excluding carboxylic acids is 1. The van der Waals surface area contributed by atoms with Crippen LogP contribution in [0.3, 0.4) is 0 Å². The first-order chi connectivity index (χ1) is 11.9. The summed E-state index contributed by atoms with van der Waals surface area (Å²) < 4.78 is 0. The van der Waals surface area contributed by atoms with Crippen LogP contribution in [0.15, 0.2) is 29.5 Å². The van der Waals surface area contributed by atoms with Gasteiger partial charge in [0.15, 0.2) is 5.96 Å². The molecular weight excluding hydrogens is 316 g/mol. The van der Waals surface area contributed by atoms with Gasteiger partial charge in [0, 0.05) is 38.4 Å². The number of anilines is 1. The third-order valence-electron chi connectivity index (χ3n) is 3.80. The summed E-state index contributed by atoms with van der Waals surface area (Å²) in [4.78, 5) is 22.5. The van der Waals surface area contributed by atoms with Gasteiger partial charge in [-0.2, -0.15) is 0 Å². The van der Waals surface area contributed by atoms with Crippen LogP contribution < -0.4 is 16.0 Å². The van der Waals surface area contributed by atoms with Gasteiger partial charge in [0.1, 0.15) is 0 Å². The summed E-state index contributed by atoms with van der Waals surface area (Å²) in [6, 6.07) is 4.65. The van der Waals surface area contributed by atoms with Crippen LogP contribution in [-0.2, 0) is 4.79 Å². The summed E-state index contributed by atoms with van der Waals surface area (Å²) in [7, 11) is 1.70. The lowest BCUT2D eigenvalue weighted by atomic mass is 10.2. The zero-order valence-corrected chi connectivity index (χ0v) is 16.0. The van der Waals surface area contributed by atoms with Gasteiger partial charge in [-0.1, -0.05) is 0 Å². The molecule has 1 amide bonds. The molecule has 1 heterocycles. The molecule has 0 fully saturated rings. The summed E-state index contributed by atoms with van der Waals surface area (Å²) in [5, 5.41) is 9.03. The first-order valence-electron chi connectivity index (χ1n) is 8.84. The maximum atomic E-state index is 11.9. The fraction of sp³-hybridized carbons (Fsp3) is 0.611. The number of guanidine groups is 1. The molecule has 0 saturated heterocycles. The minimum atomic E-state index is -0.137. The lowest BCUT2D eigenvalue weighted by Gasteiger charge is -2.30. The minimum absolute atomic E-state index is 0.137. The second kappa shape index (κ2) is 11.4. The predicted octanol–water partition coefficient (Wildman–Crippen LogP) is 1.69. The number of nitrogens with one attached hydrogen (secondary N) is 3. The highest BCUT2D eigenvalue weighted by Crippen LogP contribution is 2.05. The number of carbonyl (C=O) groups is 1. The van der Waals surface area contributed by atoms with E-state index in [0.717, 1.165) is 19.5 Å². The van der Waals surface area contributed by atoms with Crippen molar-refractivity contribution in [2.24, 2.45) is 4.99 Å². The van der Waals surface area contributed by atoms with Crippen LogP contribution >= 0.6 is 0 Å². The van der Waals surface area contributed by atoms with Gasteiger partial charge in [0.05, 0.1) is 18.4 Å². The molecule has 7 heteroatoms. The van der Waals surface area contributed by atoms with Gasteiger partial charge in [-0.05, 0) is 46.2 Å². The van der Waals surface area contributed by atoms with Crippen molar-refractivity contribution in [3.8, 4) is 0 Å². The summed E-state index contributed by atoms with van der Waals surface area (Å²) in [6.45, 7) is 10.9. The van der Waals surface area contributed by atoms with Crippen LogP contribution in [0.2, 0.25) is 0 Å². The molecule has 0 saturated carbocycles. The van der Waals surface area contributed by atoms with E-state index in [0.29, 0.717) is 23.7 Å². The SMILES string of the molecule is CN=C(NCCCN(C(C)C)C(C)C)NCC(=O)Nc1cccnc1. The fourth-order valence-corrected chi connectivity index (χ4v) is 2.61. The molecule has 140 valence electrons. The van der Waals surface area contributed by atoms with Crippen molar-refractivity contribution in [3.63, 3.8) is 0 Å². The van der Waals surface area contributed by atoms with Gasteiger partial charge in [-0.3, -0.25) is 19.7 Å². The van der Waals surface area contributed by atoms with Crippen molar-refractivity contribution in [2.75, 3.05) is 32.0 Å². The third-order valence-corrected chi connectivity index (χ3v) is 3.80. The molecule has 25 heavy (non-hydrogen) atoms. The van der Waals surface area contributed by atoms with Crippen LogP contribution in [0.25, 0.3) is 0 Å². The van der Waals surface area contributed by atoms with Crippen molar-refractivity contribution in [1.29, 1.82) is 0 Å². The standard InChI is InChI=1S/C18H32N6O/c1-14(2)24(15(3)4)11-7-10-21-18(19-5)22-13-17(25)23-16-8-6-9-20-12-16/h6,8-9,12,14-15H,7,10-11,13H2,1-5H3,(H,23,25)(H2,19,21,22). The van der Waals surface area contributed by atoms with E-state index in [-0.39, 0.29) is 12.5 Å². The maximum absolute atomic E-state index is 11.9. The minimum Gasteiger partial charge on any atom is -0.356 e. The van der Waals surface area contributed by atoms with E-state index in [1.807, 2.05) is 0 Å². The molecule has 7 nitrogen and oxygen atoms in total. The zero-order chi connectivity index (χ0) is 18.7. The third kappa shape index (κ3) is 8.49. The number of rotatable bonds is 9. The van der Waals surface area contributed by atoms with Crippen molar-refractivity contribution < 1.29 is 4.79 Å². The van der Waals surface area contributed by atoms with Crippen molar-refractivity contribution in [3.05, 3.63) is 24.5 Å². The topological polar surface area (TPSA) is 81.7 Å². The van der Waals surface area contributed by atoms with Crippen molar-refractivity contribution in [1.82, 2.24) is 20.5 Å². The highest BCUT2D eigenvalue weighted by Gasteiger charge is 2.12. The highest BCUT2D eigenvalue weighted by atomic mass is 16.1. The maximum Gasteiger partial charge on any atom is 0.243 e. The molecule has 0 aliphatic heterocycles. The molecule has 0 aromatic carbocycles. The lowest BCUT2D eigenvalue weighted by Crippen LogP contribution is -2.43. The molecule has 0 spiro atoms. The van der Waals surface area contributed by atoms with E-state index in [1.165, 1.54) is 0 Å². The molecule has 3 N–H and O–H groups in total. The molecule has 0 aliphatic carbocycles. The van der Waals surface area contributed by atoms with Crippen LogP contribution in [0.5, 0.6) is 0 Å². The van der Waals surface area contributed by atoms with Crippen LogP contribution in [0.1, 0.15) is 34.1 Å². The van der Waals surface area contributed by atoms with Gasteiger partial charge in [0.2, 0.25) is 5.91 Å².